The lowest BCUT2D eigenvalue weighted by Gasteiger charge is -2.26. The van der Waals surface area contributed by atoms with Crippen molar-refractivity contribution < 1.29 is 14.2 Å². The highest BCUT2D eigenvalue weighted by Crippen LogP contribution is 2.31. The predicted molar refractivity (Wildman–Crippen MR) is 112 cm³/mol. The highest BCUT2D eigenvalue weighted by Gasteiger charge is 2.12. The summed E-state index contributed by atoms with van der Waals surface area (Å²) in [4.78, 5) is 2.36. The molecule has 0 atom stereocenters. The van der Waals surface area contributed by atoms with Gasteiger partial charge in [0.2, 0.25) is 0 Å². The summed E-state index contributed by atoms with van der Waals surface area (Å²) in [7, 11) is 3.27. The normalized spacial score (nSPS) is 14.5. The Morgan fingerprint density at radius 3 is 2.82 bits per heavy atom. The van der Waals surface area contributed by atoms with Crippen molar-refractivity contribution in [3.05, 3.63) is 36.2 Å². The van der Waals surface area contributed by atoms with Crippen LogP contribution in [0.2, 0.25) is 0 Å². The first-order valence-corrected chi connectivity index (χ1v) is 9.67. The second-order valence-corrected chi connectivity index (χ2v) is 6.82. The molecule has 9 heteroatoms. The van der Waals surface area contributed by atoms with Gasteiger partial charge < -0.3 is 24.8 Å². The lowest BCUT2D eigenvalue weighted by Crippen LogP contribution is -2.42. The van der Waals surface area contributed by atoms with Gasteiger partial charge in [-0.15, -0.1) is 0 Å². The molecule has 0 spiro atoms. The summed E-state index contributed by atoms with van der Waals surface area (Å²) in [6.07, 6.45) is 3.66. The molecule has 0 radical (unpaired) electrons. The molecule has 2 heterocycles. The van der Waals surface area contributed by atoms with Crippen molar-refractivity contribution in [1.29, 1.82) is 0 Å². The van der Waals surface area contributed by atoms with Crippen molar-refractivity contribution in [1.82, 2.24) is 20.0 Å². The first-order chi connectivity index (χ1) is 13.7. The van der Waals surface area contributed by atoms with Crippen LogP contribution in [0.4, 0.5) is 5.69 Å². The number of methoxy groups -OCH3 is 2. The zero-order valence-electron chi connectivity index (χ0n) is 16.3. The number of hydrogen-bond acceptors (Lipinski definition) is 6. The summed E-state index contributed by atoms with van der Waals surface area (Å²) in [6.45, 7) is 5.87. The highest BCUT2D eigenvalue weighted by atomic mass is 32.1. The topological polar surface area (TPSA) is 72.8 Å². The fraction of sp³-hybridized carbons (Fsp3) is 0.474. The summed E-state index contributed by atoms with van der Waals surface area (Å²) < 4.78 is 18.0. The number of nitrogens with one attached hydrogen (secondary N) is 2. The van der Waals surface area contributed by atoms with E-state index in [-0.39, 0.29) is 0 Å². The van der Waals surface area contributed by atoms with E-state index in [0.29, 0.717) is 17.4 Å². The molecule has 8 nitrogen and oxygen atoms in total. The van der Waals surface area contributed by atoms with Gasteiger partial charge in [0.1, 0.15) is 0 Å². The lowest BCUT2D eigenvalue weighted by atomic mass is 10.2. The van der Waals surface area contributed by atoms with E-state index < -0.39 is 0 Å². The third-order valence-electron chi connectivity index (χ3n) is 4.53. The summed E-state index contributed by atoms with van der Waals surface area (Å²) >= 11 is 5.38. The Balaban J connectivity index is 1.49. The van der Waals surface area contributed by atoms with Gasteiger partial charge in [-0.25, -0.2) is 0 Å². The molecule has 0 amide bonds. The smallest absolute Gasteiger partial charge is 0.170 e. The molecule has 3 rings (SSSR count). The summed E-state index contributed by atoms with van der Waals surface area (Å²) in [5, 5.41) is 11.4. The molecular weight excluding hydrogens is 378 g/mol. The Morgan fingerprint density at radius 1 is 1.25 bits per heavy atom. The van der Waals surface area contributed by atoms with E-state index in [1.807, 2.05) is 29.1 Å². The van der Waals surface area contributed by atoms with Crippen LogP contribution in [0.15, 0.2) is 30.6 Å². The third-order valence-corrected chi connectivity index (χ3v) is 4.77. The third kappa shape index (κ3) is 5.57. The minimum Gasteiger partial charge on any atom is -0.493 e. The predicted octanol–water partition coefficient (Wildman–Crippen LogP) is 1.57. The standard InChI is InChI=1S/C19H27N5O3S/c1-25-17-5-3-4-15(18(17)26-2)13-24-14-16(12-21-24)22-19(28)20-6-7-23-8-10-27-11-9-23/h3-5,12,14H,6-11,13H2,1-2H3,(H2,20,22,28). The number of thiocarbonyl (C=S) groups is 1. The van der Waals surface area contributed by atoms with Gasteiger partial charge in [-0.3, -0.25) is 9.58 Å². The molecule has 0 bridgehead atoms. The van der Waals surface area contributed by atoms with Gasteiger partial charge in [0.05, 0.1) is 45.9 Å². The van der Waals surface area contributed by atoms with Crippen molar-refractivity contribution in [3.8, 4) is 11.5 Å². The Labute approximate surface area is 170 Å². The Kier molecular flexibility index (Phi) is 7.46. The number of benzene rings is 1. The van der Waals surface area contributed by atoms with Gasteiger partial charge in [-0.2, -0.15) is 5.10 Å². The van der Waals surface area contributed by atoms with Crippen LogP contribution in [0, 0.1) is 0 Å². The molecule has 1 fully saturated rings. The van der Waals surface area contributed by atoms with Gasteiger partial charge in [0.15, 0.2) is 16.6 Å². The fourth-order valence-electron chi connectivity index (χ4n) is 3.09. The second-order valence-electron chi connectivity index (χ2n) is 6.41. The first kappa shape index (κ1) is 20.4. The molecule has 1 saturated heterocycles. The number of ether oxygens (including phenoxy) is 3. The first-order valence-electron chi connectivity index (χ1n) is 9.27. The van der Waals surface area contributed by atoms with Crippen molar-refractivity contribution in [2.24, 2.45) is 0 Å². The SMILES string of the molecule is COc1cccc(Cn2cc(NC(=S)NCCN3CCOCC3)cn2)c1OC. The lowest BCUT2D eigenvalue weighted by molar-refractivity contribution is 0.0389. The maximum Gasteiger partial charge on any atom is 0.170 e. The van der Waals surface area contributed by atoms with Gasteiger partial charge in [0, 0.05) is 37.9 Å². The summed E-state index contributed by atoms with van der Waals surface area (Å²) in [6, 6.07) is 5.81. The van der Waals surface area contributed by atoms with Crippen LogP contribution in [0.25, 0.3) is 0 Å². The van der Waals surface area contributed by atoms with Crippen LogP contribution in [-0.2, 0) is 11.3 Å². The van der Waals surface area contributed by atoms with Crippen molar-refractivity contribution >= 4 is 23.0 Å². The number of hydrogen-bond donors (Lipinski definition) is 2. The molecule has 2 N–H and O–H groups in total. The van der Waals surface area contributed by atoms with E-state index in [0.717, 1.165) is 56.4 Å². The number of anilines is 1. The van der Waals surface area contributed by atoms with Crippen LogP contribution < -0.4 is 20.1 Å². The minimum absolute atomic E-state index is 0.569. The molecule has 1 aliphatic rings. The van der Waals surface area contributed by atoms with E-state index in [2.05, 4.69) is 20.6 Å². The molecule has 1 aliphatic heterocycles. The molecule has 0 unspecified atom stereocenters. The largest absolute Gasteiger partial charge is 0.493 e. The molecule has 0 saturated carbocycles. The van der Waals surface area contributed by atoms with Crippen molar-refractivity contribution in [3.63, 3.8) is 0 Å². The van der Waals surface area contributed by atoms with Crippen LogP contribution in [0.5, 0.6) is 11.5 Å². The average Bonchev–Trinajstić information content (AvgIpc) is 3.15. The van der Waals surface area contributed by atoms with Gasteiger partial charge in [-0.1, -0.05) is 12.1 Å². The molecule has 0 aliphatic carbocycles. The molecule has 152 valence electrons. The quantitative estimate of drug-likeness (QED) is 0.642. The Morgan fingerprint density at radius 2 is 2.07 bits per heavy atom. The molecule has 1 aromatic carbocycles. The second kappa shape index (κ2) is 10.3. The summed E-state index contributed by atoms with van der Waals surface area (Å²) in [5.74, 6) is 1.42. The number of para-hydroxylation sites is 1. The number of nitrogens with zero attached hydrogens (tertiary/aromatic N) is 3. The minimum atomic E-state index is 0.569. The van der Waals surface area contributed by atoms with Gasteiger partial charge in [-0.05, 0) is 18.3 Å². The highest BCUT2D eigenvalue weighted by molar-refractivity contribution is 7.80. The number of rotatable bonds is 8. The van der Waals surface area contributed by atoms with Crippen LogP contribution in [0.3, 0.4) is 0 Å². The van der Waals surface area contributed by atoms with Crippen LogP contribution in [0.1, 0.15) is 5.56 Å². The fourth-order valence-corrected chi connectivity index (χ4v) is 3.31. The van der Waals surface area contributed by atoms with Gasteiger partial charge >= 0.3 is 0 Å². The summed E-state index contributed by atoms with van der Waals surface area (Å²) in [5.41, 5.74) is 1.83. The van der Waals surface area contributed by atoms with E-state index in [1.54, 1.807) is 20.4 Å². The van der Waals surface area contributed by atoms with Crippen LogP contribution >= 0.6 is 12.2 Å². The van der Waals surface area contributed by atoms with Crippen LogP contribution in [-0.4, -0.2) is 73.4 Å². The van der Waals surface area contributed by atoms with Crippen molar-refractivity contribution in [2.45, 2.75) is 6.54 Å². The van der Waals surface area contributed by atoms with Crippen molar-refractivity contribution in [2.75, 3.05) is 58.9 Å². The van der Waals surface area contributed by atoms with E-state index in [1.165, 1.54) is 0 Å². The molecular formula is C19H27N5O3S. The average molecular weight is 406 g/mol. The molecule has 28 heavy (non-hydrogen) atoms. The van der Waals surface area contributed by atoms with E-state index in [4.69, 9.17) is 26.4 Å². The zero-order chi connectivity index (χ0) is 19.8. The monoisotopic (exact) mass is 405 g/mol. The maximum atomic E-state index is 5.48. The maximum absolute atomic E-state index is 5.48. The van der Waals surface area contributed by atoms with E-state index >= 15 is 0 Å². The van der Waals surface area contributed by atoms with Gasteiger partial charge in [0.25, 0.3) is 0 Å². The molecule has 1 aromatic heterocycles. The number of aromatic nitrogens is 2. The zero-order valence-corrected chi connectivity index (χ0v) is 17.1. The molecule has 2 aromatic rings. The Bertz CT molecular complexity index is 777. The Hall–Kier alpha value is -2.36. The van der Waals surface area contributed by atoms with E-state index in [9.17, 15) is 0 Å². The number of morpholine rings is 1.